The van der Waals surface area contributed by atoms with Crippen LogP contribution in [0.2, 0.25) is 0 Å². The molecule has 0 saturated heterocycles. The number of urea groups is 1. The summed E-state index contributed by atoms with van der Waals surface area (Å²) in [5, 5.41) is 0. The summed E-state index contributed by atoms with van der Waals surface area (Å²) in [5.41, 5.74) is 0.925. The van der Waals surface area contributed by atoms with Crippen LogP contribution < -0.4 is 4.90 Å². The van der Waals surface area contributed by atoms with Gasteiger partial charge in [-0.15, -0.1) is 0 Å². The standard InChI is InChI=1S/C16H15FN2O3S/c1-2-18-14-5-3-4-6-15(14)23(21,22)19(16(18)20)11-12-7-9-13(17)10-8-12/h3-10H,2,11H2,1H3. The number of para-hydroxylation sites is 1. The summed E-state index contributed by atoms with van der Waals surface area (Å²) in [4.78, 5) is 14.1. The third-order valence-corrected chi connectivity index (χ3v) is 5.49. The van der Waals surface area contributed by atoms with Gasteiger partial charge >= 0.3 is 6.03 Å². The van der Waals surface area contributed by atoms with Crippen LogP contribution in [-0.4, -0.2) is 25.3 Å². The number of halogens is 1. The highest BCUT2D eigenvalue weighted by Crippen LogP contribution is 2.34. The molecule has 120 valence electrons. The van der Waals surface area contributed by atoms with E-state index in [2.05, 4.69) is 0 Å². The van der Waals surface area contributed by atoms with E-state index in [1.54, 1.807) is 25.1 Å². The van der Waals surface area contributed by atoms with Gasteiger partial charge in [-0.3, -0.25) is 4.90 Å². The van der Waals surface area contributed by atoms with Gasteiger partial charge in [0, 0.05) is 6.54 Å². The van der Waals surface area contributed by atoms with Crippen LogP contribution in [0, 0.1) is 5.82 Å². The maximum Gasteiger partial charge on any atom is 0.338 e. The zero-order valence-corrected chi connectivity index (χ0v) is 13.3. The topological polar surface area (TPSA) is 57.7 Å². The maximum atomic E-state index is 13.0. The first-order valence-corrected chi connectivity index (χ1v) is 8.57. The predicted molar refractivity (Wildman–Crippen MR) is 84.0 cm³/mol. The number of carbonyl (C=O) groups excluding carboxylic acids is 1. The second-order valence-corrected chi connectivity index (χ2v) is 6.96. The van der Waals surface area contributed by atoms with Gasteiger partial charge in [0.25, 0.3) is 10.0 Å². The van der Waals surface area contributed by atoms with E-state index < -0.39 is 21.9 Å². The van der Waals surface area contributed by atoms with E-state index in [0.29, 0.717) is 17.8 Å². The summed E-state index contributed by atoms with van der Waals surface area (Å²) in [7, 11) is -3.93. The summed E-state index contributed by atoms with van der Waals surface area (Å²) in [6.45, 7) is 2.00. The fourth-order valence-electron chi connectivity index (χ4n) is 2.57. The van der Waals surface area contributed by atoms with Crippen molar-refractivity contribution in [2.75, 3.05) is 11.4 Å². The Morgan fingerprint density at radius 3 is 2.35 bits per heavy atom. The van der Waals surface area contributed by atoms with Gasteiger partial charge in [0.05, 0.1) is 12.2 Å². The Hall–Kier alpha value is -2.41. The molecule has 0 unspecified atom stereocenters. The molecule has 0 aromatic heterocycles. The zero-order chi connectivity index (χ0) is 16.6. The summed E-state index contributed by atoms with van der Waals surface area (Å²) in [6, 6.07) is 11.2. The van der Waals surface area contributed by atoms with Crippen LogP contribution in [0.15, 0.2) is 53.4 Å². The number of fused-ring (bicyclic) bond motifs is 1. The Kier molecular flexibility index (Phi) is 3.81. The smallest absolute Gasteiger partial charge is 0.292 e. The fourth-order valence-corrected chi connectivity index (χ4v) is 4.13. The van der Waals surface area contributed by atoms with E-state index in [4.69, 9.17) is 0 Å². The number of benzene rings is 2. The van der Waals surface area contributed by atoms with Gasteiger partial charge in [-0.2, -0.15) is 0 Å². The van der Waals surface area contributed by atoms with Crippen molar-refractivity contribution in [2.24, 2.45) is 0 Å². The van der Waals surface area contributed by atoms with Crippen molar-refractivity contribution in [3.8, 4) is 0 Å². The Morgan fingerprint density at radius 1 is 1.04 bits per heavy atom. The average Bonchev–Trinajstić information content (AvgIpc) is 2.54. The van der Waals surface area contributed by atoms with Crippen molar-refractivity contribution in [3.05, 3.63) is 59.9 Å². The molecule has 0 fully saturated rings. The molecule has 0 bridgehead atoms. The largest absolute Gasteiger partial charge is 0.338 e. The number of carbonyl (C=O) groups is 1. The average molecular weight is 334 g/mol. The number of anilines is 1. The molecule has 0 spiro atoms. The Bertz CT molecular complexity index is 850. The molecule has 2 aromatic carbocycles. The lowest BCUT2D eigenvalue weighted by molar-refractivity contribution is 0.227. The van der Waals surface area contributed by atoms with E-state index in [9.17, 15) is 17.6 Å². The molecule has 5 nitrogen and oxygen atoms in total. The molecule has 2 amide bonds. The van der Waals surface area contributed by atoms with Gasteiger partial charge in [-0.1, -0.05) is 24.3 Å². The molecule has 0 saturated carbocycles. The van der Waals surface area contributed by atoms with Crippen LogP contribution in [0.4, 0.5) is 14.9 Å². The highest BCUT2D eigenvalue weighted by atomic mass is 32.2. The minimum atomic E-state index is -3.93. The molecule has 1 aliphatic heterocycles. The minimum Gasteiger partial charge on any atom is -0.292 e. The van der Waals surface area contributed by atoms with Gasteiger partial charge in [-0.05, 0) is 36.8 Å². The quantitative estimate of drug-likeness (QED) is 0.867. The van der Waals surface area contributed by atoms with Gasteiger partial charge in [-0.25, -0.2) is 21.9 Å². The first-order chi connectivity index (χ1) is 10.9. The maximum absolute atomic E-state index is 13.0. The highest BCUT2D eigenvalue weighted by Gasteiger charge is 2.40. The first kappa shape index (κ1) is 15.5. The molecule has 0 radical (unpaired) electrons. The number of hydrogen-bond acceptors (Lipinski definition) is 3. The Balaban J connectivity index is 2.07. The third kappa shape index (κ3) is 2.57. The van der Waals surface area contributed by atoms with Crippen molar-refractivity contribution in [1.82, 2.24) is 4.31 Å². The Morgan fingerprint density at radius 2 is 1.70 bits per heavy atom. The van der Waals surface area contributed by atoms with E-state index in [1.165, 1.54) is 35.2 Å². The zero-order valence-electron chi connectivity index (χ0n) is 12.4. The molecule has 1 aliphatic rings. The number of sulfonamides is 1. The van der Waals surface area contributed by atoms with Crippen molar-refractivity contribution >= 4 is 21.7 Å². The highest BCUT2D eigenvalue weighted by molar-refractivity contribution is 7.90. The van der Waals surface area contributed by atoms with Crippen molar-refractivity contribution in [2.45, 2.75) is 18.4 Å². The van der Waals surface area contributed by atoms with Gasteiger partial charge in [0.15, 0.2) is 0 Å². The molecule has 0 aliphatic carbocycles. The van der Waals surface area contributed by atoms with Crippen LogP contribution in [0.5, 0.6) is 0 Å². The Labute approximate surface area is 134 Å². The van der Waals surface area contributed by atoms with Crippen LogP contribution in [-0.2, 0) is 16.6 Å². The molecule has 3 rings (SSSR count). The number of hydrogen-bond donors (Lipinski definition) is 0. The van der Waals surface area contributed by atoms with Gasteiger partial charge < -0.3 is 0 Å². The molecular formula is C16H15FN2O3S. The molecule has 0 atom stereocenters. The van der Waals surface area contributed by atoms with E-state index in [0.717, 1.165) is 4.31 Å². The van der Waals surface area contributed by atoms with Gasteiger partial charge in [0.2, 0.25) is 0 Å². The second kappa shape index (κ2) is 5.66. The number of rotatable bonds is 3. The van der Waals surface area contributed by atoms with Crippen LogP contribution in [0.1, 0.15) is 12.5 Å². The van der Waals surface area contributed by atoms with E-state index >= 15 is 0 Å². The minimum absolute atomic E-state index is 0.101. The summed E-state index contributed by atoms with van der Waals surface area (Å²) >= 11 is 0. The lowest BCUT2D eigenvalue weighted by Gasteiger charge is -2.35. The lowest BCUT2D eigenvalue weighted by Crippen LogP contribution is -2.50. The fraction of sp³-hybridized carbons (Fsp3) is 0.188. The van der Waals surface area contributed by atoms with Crippen molar-refractivity contribution in [3.63, 3.8) is 0 Å². The molecule has 2 aromatic rings. The number of amides is 2. The summed E-state index contributed by atoms with van der Waals surface area (Å²) in [6.07, 6.45) is 0. The van der Waals surface area contributed by atoms with Crippen LogP contribution in [0.3, 0.4) is 0 Å². The molecule has 1 heterocycles. The molecule has 7 heteroatoms. The third-order valence-electron chi connectivity index (χ3n) is 3.72. The van der Waals surface area contributed by atoms with Crippen molar-refractivity contribution in [1.29, 1.82) is 0 Å². The van der Waals surface area contributed by atoms with Crippen LogP contribution in [0.25, 0.3) is 0 Å². The normalized spacial score (nSPS) is 16.3. The second-order valence-electron chi connectivity index (χ2n) is 5.13. The summed E-state index contributed by atoms with van der Waals surface area (Å²) in [5.74, 6) is -0.415. The lowest BCUT2D eigenvalue weighted by atomic mass is 10.2. The van der Waals surface area contributed by atoms with E-state index in [-0.39, 0.29) is 11.4 Å². The summed E-state index contributed by atoms with van der Waals surface area (Å²) < 4.78 is 39.3. The number of nitrogens with zero attached hydrogens (tertiary/aromatic N) is 2. The van der Waals surface area contributed by atoms with Gasteiger partial charge in [0.1, 0.15) is 10.7 Å². The van der Waals surface area contributed by atoms with Crippen LogP contribution >= 0.6 is 0 Å². The molecule has 23 heavy (non-hydrogen) atoms. The van der Waals surface area contributed by atoms with Crippen molar-refractivity contribution < 1.29 is 17.6 Å². The van der Waals surface area contributed by atoms with E-state index in [1.807, 2.05) is 0 Å². The first-order valence-electron chi connectivity index (χ1n) is 7.13. The monoisotopic (exact) mass is 334 g/mol. The predicted octanol–water partition coefficient (Wildman–Crippen LogP) is 2.98. The SMILES string of the molecule is CCN1C(=O)N(Cc2ccc(F)cc2)S(=O)(=O)c2ccccc21. The molecule has 0 N–H and O–H groups in total. The molecular weight excluding hydrogens is 319 g/mol.